The van der Waals surface area contributed by atoms with Crippen LogP contribution < -0.4 is 20.7 Å². The molecule has 0 spiro atoms. The maximum absolute atomic E-state index is 12.1. The van der Waals surface area contributed by atoms with E-state index in [2.05, 4.69) is 25.9 Å². The number of nitrogens with one attached hydrogen (secondary N) is 3. The SMILES string of the molecule is Cc1ccc(NC(=O)Nc2ccc(Nc3cc(OC(C)C)nc(C)n3)cc2)cc1. The van der Waals surface area contributed by atoms with Crippen molar-refractivity contribution in [2.45, 2.75) is 33.8 Å². The number of ether oxygens (including phenoxy) is 1. The highest BCUT2D eigenvalue weighted by Gasteiger charge is 2.06. The molecule has 0 bridgehead atoms. The smallest absolute Gasteiger partial charge is 0.323 e. The fourth-order valence-corrected chi connectivity index (χ4v) is 2.62. The van der Waals surface area contributed by atoms with E-state index in [1.807, 2.05) is 76.2 Å². The van der Waals surface area contributed by atoms with Crippen molar-refractivity contribution in [1.29, 1.82) is 0 Å². The lowest BCUT2D eigenvalue weighted by Crippen LogP contribution is -2.19. The van der Waals surface area contributed by atoms with Crippen LogP contribution in [0.2, 0.25) is 0 Å². The highest BCUT2D eigenvalue weighted by Crippen LogP contribution is 2.21. The molecule has 3 N–H and O–H groups in total. The molecule has 29 heavy (non-hydrogen) atoms. The molecule has 2 aromatic carbocycles. The van der Waals surface area contributed by atoms with Gasteiger partial charge in [0.25, 0.3) is 0 Å². The van der Waals surface area contributed by atoms with Gasteiger partial charge < -0.3 is 20.7 Å². The fraction of sp³-hybridized carbons (Fsp3) is 0.227. The third kappa shape index (κ3) is 6.21. The number of nitrogens with zero attached hydrogens (tertiary/aromatic N) is 2. The van der Waals surface area contributed by atoms with Crippen molar-refractivity contribution in [3.05, 3.63) is 66.0 Å². The zero-order valence-electron chi connectivity index (χ0n) is 17.0. The molecule has 1 aromatic heterocycles. The summed E-state index contributed by atoms with van der Waals surface area (Å²) in [5.74, 6) is 1.80. The third-order valence-electron chi connectivity index (χ3n) is 3.90. The first-order valence-corrected chi connectivity index (χ1v) is 9.41. The van der Waals surface area contributed by atoms with E-state index >= 15 is 0 Å². The first kappa shape index (κ1) is 20.1. The Morgan fingerprint density at radius 2 is 1.41 bits per heavy atom. The molecule has 0 atom stereocenters. The largest absolute Gasteiger partial charge is 0.475 e. The van der Waals surface area contributed by atoms with E-state index in [4.69, 9.17) is 4.74 Å². The summed E-state index contributed by atoms with van der Waals surface area (Å²) in [6.07, 6.45) is 0.0357. The highest BCUT2D eigenvalue weighted by atomic mass is 16.5. The molecule has 0 aliphatic rings. The summed E-state index contributed by atoms with van der Waals surface area (Å²) in [5, 5.41) is 8.84. The Balaban J connectivity index is 1.60. The normalized spacial score (nSPS) is 10.5. The molecule has 0 fully saturated rings. The van der Waals surface area contributed by atoms with E-state index in [0.717, 1.165) is 16.9 Å². The van der Waals surface area contributed by atoms with Crippen molar-refractivity contribution >= 4 is 28.9 Å². The molecule has 0 aliphatic heterocycles. The molecule has 0 unspecified atom stereocenters. The average Bonchev–Trinajstić information content (AvgIpc) is 2.64. The maximum atomic E-state index is 12.1. The number of anilines is 4. The number of urea groups is 1. The Labute approximate surface area is 170 Å². The molecular weight excluding hydrogens is 366 g/mol. The Bertz CT molecular complexity index is 969. The number of hydrogen-bond acceptors (Lipinski definition) is 5. The van der Waals surface area contributed by atoms with Crippen molar-refractivity contribution in [3.63, 3.8) is 0 Å². The first-order chi connectivity index (χ1) is 13.9. The van der Waals surface area contributed by atoms with Crippen LogP contribution in [-0.2, 0) is 0 Å². The van der Waals surface area contributed by atoms with E-state index in [1.54, 1.807) is 6.07 Å². The molecule has 3 aromatic rings. The zero-order chi connectivity index (χ0) is 20.8. The van der Waals surface area contributed by atoms with Crippen molar-refractivity contribution in [2.75, 3.05) is 16.0 Å². The van der Waals surface area contributed by atoms with Crippen LogP contribution in [0.1, 0.15) is 25.2 Å². The van der Waals surface area contributed by atoms with Gasteiger partial charge in [-0.1, -0.05) is 17.7 Å². The minimum Gasteiger partial charge on any atom is -0.475 e. The second-order valence-electron chi connectivity index (χ2n) is 6.95. The third-order valence-corrected chi connectivity index (χ3v) is 3.90. The standard InChI is InChI=1S/C22H25N5O2/c1-14(2)29-21-13-20(23-16(4)24-21)25-17-9-11-19(12-10-17)27-22(28)26-18-7-5-15(3)6-8-18/h5-14H,1-4H3,(H,23,24,25)(H2,26,27,28). The Kier molecular flexibility index (Phi) is 6.29. The van der Waals surface area contributed by atoms with E-state index in [-0.39, 0.29) is 12.1 Å². The second-order valence-corrected chi connectivity index (χ2v) is 6.95. The first-order valence-electron chi connectivity index (χ1n) is 9.41. The number of aryl methyl sites for hydroxylation is 2. The number of carbonyl (C=O) groups excluding carboxylic acids is 1. The van der Waals surface area contributed by atoms with Crippen molar-refractivity contribution in [2.24, 2.45) is 0 Å². The number of hydrogen-bond donors (Lipinski definition) is 3. The van der Waals surface area contributed by atoms with Crippen LogP contribution in [0.15, 0.2) is 54.6 Å². The zero-order valence-corrected chi connectivity index (χ0v) is 17.0. The number of aromatic nitrogens is 2. The average molecular weight is 391 g/mol. The quantitative estimate of drug-likeness (QED) is 0.533. The minimum atomic E-state index is -0.295. The summed E-state index contributed by atoms with van der Waals surface area (Å²) in [6, 6.07) is 16.4. The van der Waals surface area contributed by atoms with Gasteiger partial charge >= 0.3 is 6.03 Å². The summed E-state index contributed by atoms with van der Waals surface area (Å²) < 4.78 is 5.65. The fourth-order valence-electron chi connectivity index (χ4n) is 2.62. The molecule has 1 heterocycles. The predicted octanol–water partition coefficient (Wildman–Crippen LogP) is 5.27. The van der Waals surface area contributed by atoms with E-state index < -0.39 is 0 Å². The number of amides is 2. The highest BCUT2D eigenvalue weighted by molar-refractivity contribution is 5.99. The number of benzene rings is 2. The van der Waals surface area contributed by atoms with E-state index in [0.29, 0.717) is 23.2 Å². The van der Waals surface area contributed by atoms with E-state index in [1.165, 1.54) is 0 Å². The summed E-state index contributed by atoms with van der Waals surface area (Å²) in [4.78, 5) is 20.8. The predicted molar refractivity (Wildman–Crippen MR) is 116 cm³/mol. The van der Waals surface area contributed by atoms with Crippen LogP contribution in [0.5, 0.6) is 5.88 Å². The molecule has 0 aliphatic carbocycles. The lowest BCUT2D eigenvalue weighted by Gasteiger charge is -2.12. The molecule has 2 amide bonds. The molecule has 0 saturated carbocycles. The second kappa shape index (κ2) is 9.05. The van der Waals surface area contributed by atoms with Gasteiger partial charge in [-0.3, -0.25) is 0 Å². The summed E-state index contributed by atoms with van der Waals surface area (Å²) in [5.41, 5.74) is 3.40. The Hall–Kier alpha value is -3.61. The molecule has 0 saturated heterocycles. The Morgan fingerprint density at radius 1 is 0.862 bits per heavy atom. The van der Waals surface area contributed by atoms with Gasteiger partial charge in [-0.15, -0.1) is 0 Å². The molecule has 7 nitrogen and oxygen atoms in total. The minimum absolute atomic E-state index is 0.0357. The summed E-state index contributed by atoms with van der Waals surface area (Å²) in [6.45, 7) is 7.72. The maximum Gasteiger partial charge on any atom is 0.323 e. The molecule has 150 valence electrons. The summed E-state index contributed by atoms with van der Waals surface area (Å²) >= 11 is 0. The van der Waals surface area contributed by atoms with E-state index in [9.17, 15) is 4.79 Å². The van der Waals surface area contributed by atoms with Crippen LogP contribution in [0.3, 0.4) is 0 Å². The van der Waals surface area contributed by atoms with Crippen molar-refractivity contribution in [3.8, 4) is 5.88 Å². The van der Waals surface area contributed by atoms with Crippen LogP contribution in [0.25, 0.3) is 0 Å². The molecular formula is C22H25N5O2. The van der Waals surface area contributed by atoms with Gasteiger partial charge in [0.1, 0.15) is 11.6 Å². The topological polar surface area (TPSA) is 88.2 Å². The lowest BCUT2D eigenvalue weighted by atomic mass is 10.2. The van der Waals surface area contributed by atoms with Gasteiger partial charge in [0.15, 0.2) is 0 Å². The lowest BCUT2D eigenvalue weighted by molar-refractivity contribution is 0.232. The Morgan fingerprint density at radius 3 is 2.00 bits per heavy atom. The number of carbonyl (C=O) groups is 1. The van der Waals surface area contributed by atoms with Gasteiger partial charge in [-0.25, -0.2) is 9.78 Å². The molecule has 7 heteroatoms. The summed E-state index contributed by atoms with van der Waals surface area (Å²) in [7, 11) is 0. The van der Waals surface area contributed by atoms with Gasteiger partial charge in [-0.2, -0.15) is 4.98 Å². The van der Waals surface area contributed by atoms with Gasteiger partial charge in [0.05, 0.1) is 6.10 Å². The van der Waals surface area contributed by atoms with Crippen LogP contribution in [0, 0.1) is 13.8 Å². The van der Waals surface area contributed by atoms with Crippen molar-refractivity contribution < 1.29 is 9.53 Å². The monoisotopic (exact) mass is 391 g/mol. The number of rotatable bonds is 6. The molecule has 3 rings (SSSR count). The van der Waals surface area contributed by atoms with Crippen LogP contribution in [-0.4, -0.2) is 22.1 Å². The van der Waals surface area contributed by atoms with Gasteiger partial charge in [-0.05, 0) is 64.1 Å². The molecule has 0 radical (unpaired) electrons. The van der Waals surface area contributed by atoms with Crippen LogP contribution >= 0.6 is 0 Å². The van der Waals surface area contributed by atoms with Crippen LogP contribution in [0.4, 0.5) is 27.7 Å². The van der Waals surface area contributed by atoms with Gasteiger partial charge in [0.2, 0.25) is 5.88 Å². The van der Waals surface area contributed by atoms with Crippen molar-refractivity contribution in [1.82, 2.24) is 9.97 Å². The van der Waals surface area contributed by atoms with Gasteiger partial charge in [0, 0.05) is 23.1 Å².